The zero-order chi connectivity index (χ0) is 17.2. The van der Waals surface area contributed by atoms with Crippen molar-refractivity contribution >= 4 is 17.5 Å². The summed E-state index contributed by atoms with van der Waals surface area (Å²) < 4.78 is 5.53. The van der Waals surface area contributed by atoms with Gasteiger partial charge in [-0.2, -0.15) is 0 Å². The van der Waals surface area contributed by atoms with Gasteiger partial charge in [0.2, 0.25) is 5.91 Å². The van der Waals surface area contributed by atoms with Gasteiger partial charge in [0.1, 0.15) is 11.6 Å². The summed E-state index contributed by atoms with van der Waals surface area (Å²) in [5, 5.41) is 6.15. The number of methoxy groups -OCH3 is 1. The fourth-order valence-corrected chi connectivity index (χ4v) is 3.44. The molecule has 6 heteroatoms. The van der Waals surface area contributed by atoms with Crippen molar-refractivity contribution in [3.05, 3.63) is 29.8 Å². The fourth-order valence-electron chi connectivity index (χ4n) is 3.44. The molecule has 2 saturated heterocycles. The van der Waals surface area contributed by atoms with Crippen molar-refractivity contribution in [2.45, 2.75) is 37.8 Å². The smallest absolute Gasteiger partial charge is 0.252 e. The second-order valence-corrected chi connectivity index (χ2v) is 6.59. The molecular formula is C18H25N3O3. The van der Waals surface area contributed by atoms with Crippen LogP contribution in [-0.2, 0) is 14.3 Å². The Bertz CT molecular complexity index is 608. The molecule has 2 aliphatic heterocycles. The first-order valence-electron chi connectivity index (χ1n) is 8.51. The van der Waals surface area contributed by atoms with Crippen molar-refractivity contribution in [3.63, 3.8) is 0 Å². The van der Waals surface area contributed by atoms with Crippen LogP contribution >= 0.6 is 0 Å². The summed E-state index contributed by atoms with van der Waals surface area (Å²) in [5.74, 6) is -0.219. The molecular weight excluding hydrogens is 306 g/mol. The Morgan fingerprint density at radius 3 is 2.58 bits per heavy atom. The van der Waals surface area contributed by atoms with E-state index < -0.39 is 11.6 Å². The summed E-state index contributed by atoms with van der Waals surface area (Å²) in [6.07, 6.45) is 1.87. The van der Waals surface area contributed by atoms with Gasteiger partial charge in [-0.1, -0.05) is 17.7 Å². The second kappa shape index (κ2) is 6.91. The van der Waals surface area contributed by atoms with Gasteiger partial charge in [0, 0.05) is 19.3 Å². The standard InChI is InChI=1S/C18H25N3O3/c1-13-3-5-14(6-4-13)21-12-7-15(16(21)22)20-17(23)18(24-2)8-10-19-11-9-18/h3-6,15,19H,7-12H2,1-2H3,(H,20,23). The van der Waals surface area contributed by atoms with Crippen LogP contribution in [0.25, 0.3) is 0 Å². The van der Waals surface area contributed by atoms with Gasteiger partial charge in [-0.25, -0.2) is 0 Å². The Balaban J connectivity index is 1.67. The van der Waals surface area contributed by atoms with Crippen LogP contribution < -0.4 is 15.5 Å². The summed E-state index contributed by atoms with van der Waals surface area (Å²) in [6.45, 7) is 4.13. The highest BCUT2D eigenvalue weighted by molar-refractivity contribution is 6.02. The third-order valence-electron chi connectivity index (χ3n) is 5.07. The predicted octanol–water partition coefficient (Wildman–Crippen LogP) is 0.985. The first-order chi connectivity index (χ1) is 11.6. The number of nitrogens with zero attached hydrogens (tertiary/aromatic N) is 1. The molecule has 130 valence electrons. The molecule has 2 heterocycles. The number of anilines is 1. The van der Waals surface area contributed by atoms with E-state index in [1.165, 1.54) is 0 Å². The molecule has 0 radical (unpaired) electrons. The van der Waals surface area contributed by atoms with E-state index in [4.69, 9.17) is 4.74 Å². The third kappa shape index (κ3) is 3.16. The Morgan fingerprint density at radius 1 is 1.29 bits per heavy atom. The number of aryl methyl sites for hydroxylation is 1. The van der Waals surface area contributed by atoms with Crippen molar-refractivity contribution in [1.29, 1.82) is 0 Å². The summed E-state index contributed by atoms with van der Waals surface area (Å²) in [7, 11) is 1.57. The van der Waals surface area contributed by atoms with Crippen molar-refractivity contribution in [1.82, 2.24) is 10.6 Å². The van der Waals surface area contributed by atoms with Crippen molar-refractivity contribution < 1.29 is 14.3 Å². The molecule has 0 saturated carbocycles. The molecule has 0 bridgehead atoms. The third-order valence-corrected chi connectivity index (χ3v) is 5.07. The van der Waals surface area contributed by atoms with Crippen LogP contribution in [0.5, 0.6) is 0 Å². The van der Waals surface area contributed by atoms with Gasteiger partial charge in [0.15, 0.2) is 0 Å². The topological polar surface area (TPSA) is 70.7 Å². The van der Waals surface area contributed by atoms with E-state index >= 15 is 0 Å². The van der Waals surface area contributed by atoms with Crippen LogP contribution in [0.4, 0.5) is 5.69 Å². The van der Waals surface area contributed by atoms with Crippen molar-refractivity contribution in [2.24, 2.45) is 0 Å². The minimum atomic E-state index is -0.817. The molecule has 1 atom stereocenters. The van der Waals surface area contributed by atoms with Crippen LogP contribution in [0.1, 0.15) is 24.8 Å². The summed E-state index contributed by atoms with van der Waals surface area (Å²) in [4.78, 5) is 27.1. The molecule has 2 aliphatic rings. The molecule has 0 aliphatic carbocycles. The fraction of sp³-hybridized carbons (Fsp3) is 0.556. The number of rotatable bonds is 4. The lowest BCUT2D eigenvalue weighted by atomic mass is 9.90. The zero-order valence-corrected chi connectivity index (χ0v) is 14.3. The molecule has 1 unspecified atom stereocenters. The van der Waals surface area contributed by atoms with E-state index in [1.807, 2.05) is 31.2 Å². The molecule has 0 spiro atoms. The minimum Gasteiger partial charge on any atom is -0.368 e. The summed E-state index contributed by atoms with van der Waals surface area (Å²) >= 11 is 0. The van der Waals surface area contributed by atoms with Gasteiger partial charge in [0.05, 0.1) is 0 Å². The van der Waals surface area contributed by atoms with E-state index in [0.29, 0.717) is 25.8 Å². The van der Waals surface area contributed by atoms with Crippen molar-refractivity contribution in [2.75, 3.05) is 31.6 Å². The number of carbonyl (C=O) groups excluding carboxylic acids is 2. The Morgan fingerprint density at radius 2 is 1.96 bits per heavy atom. The normalized spacial score (nSPS) is 23.3. The average molecular weight is 331 g/mol. The van der Waals surface area contributed by atoms with Crippen LogP contribution in [0, 0.1) is 6.92 Å². The number of hydrogen-bond donors (Lipinski definition) is 2. The number of benzene rings is 1. The van der Waals surface area contributed by atoms with E-state index in [1.54, 1.807) is 12.0 Å². The maximum atomic E-state index is 12.7. The zero-order valence-electron chi connectivity index (χ0n) is 14.3. The minimum absolute atomic E-state index is 0.0487. The second-order valence-electron chi connectivity index (χ2n) is 6.59. The molecule has 2 amide bonds. The van der Waals surface area contributed by atoms with E-state index in [-0.39, 0.29) is 11.8 Å². The van der Waals surface area contributed by atoms with Crippen LogP contribution in [0.2, 0.25) is 0 Å². The van der Waals surface area contributed by atoms with Crippen LogP contribution in [0.15, 0.2) is 24.3 Å². The number of nitrogens with one attached hydrogen (secondary N) is 2. The van der Waals surface area contributed by atoms with E-state index in [0.717, 1.165) is 24.3 Å². The largest absolute Gasteiger partial charge is 0.368 e. The average Bonchev–Trinajstić information content (AvgIpc) is 2.97. The number of ether oxygens (including phenoxy) is 1. The van der Waals surface area contributed by atoms with Gasteiger partial charge >= 0.3 is 0 Å². The Labute approximate surface area is 142 Å². The van der Waals surface area contributed by atoms with E-state index in [9.17, 15) is 9.59 Å². The van der Waals surface area contributed by atoms with E-state index in [2.05, 4.69) is 10.6 Å². The lowest BCUT2D eigenvalue weighted by Gasteiger charge is -2.35. The molecule has 1 aromatic carbocycles. The van der Waals surface area contributed by atoms with Gasteiger partial charge in [-0.05, 0) is 51.4 Å². The maximum absolute atomic E-state index is 12.7. The highest BCUT2D eigenvalue weighted by Gasteiger charge is 2.43. The van der Waals surface area contributed by atoms with Gasteiger partial charge in [-0.15, -0.1) is 0 Å². The SMILES string of the molecule is COC1(C(=O)NC2CCN(c3ccc(C)cc3)C2=O)CCNCC1. The molecule has 2 fully saturated rings. The number of amides is 2. The number of hydrogen-bond acceptors (Lipinski definition) is 4. The molecule has 24 heavy (non-hydrogen) atoms. The lowest BCUT2D eigenvalue weighted by Crippen LogP contribution is -2.57. The molecule has 6 nitrogen and oxygen atoms in total. The first-order valence-corrected chi connectivity index (χ1v) is 8.51. The highest BCUT2D eigenvalue weighted by Crippen LogP contribution is 2.25. The quantitative estimate of drug-likeness (QED) is 0.863. The summed E-state index contributed by atoms with van der Waals surface area (Å²) in [6, 6.07) is 7.40. The highest BCUT2D eigenvalue weighted by atomic mass is 16.5. The number of carbonyl (C=O) groups is 2. The monoisotopic (exact) mass is 331 g/mol. The molecule has 1 aromatic rings. The summed E-state index contributed by atoms with van der Waals surface area (Å²) in [5.41, 5.74) is 1.22. The molecule has 3 rings (SSSR count). The van der Waals surface area contributed by atoms with Gasteiger partial charge in [0.25, 0.3) is 5.91 Å². The maximum Gasteiger partial charge on any atom is 0.252 e. The van der Waals surface area contributed by atoms with Gasteiger partial charge in [-0.3, -0.25) is 9.59 Å². The Hall–Kier alpha value is -1.92. The predicted molar refractivity (Wildman–Crippen MR) is 91.9 cm³/mol. The molecule has 2 N–H and O–H groups in total. The van der Waals surface area contributed by atoms with Crippen LogP contribution in [0.3, 0.4) is 0 Å². The van der Waals surface area contributed by atoms with Crippen LogP contribution in [-0.4, -0.2) is 50.2 Å². The van der Waals surface area contributed by atoms with Crippen molar-refractivity contribution in [3.8, 4) is 0 Å². The molecule has 0 aromatic heterocycles. The lowest BCUT2D eigenvalue weighted by molar-refractivity contribution is -0.148. The van der Waals surface area contributed by atoms with Gasteiger partial charge < -0.3 is 20.3 Å². The Kier molecular flexibility index (Phi) is 4.87. The first kappa shape index (κ1) is 16.9. The number of piperidine rings is 1.